The second-order valence-electron chi connectivity index (χ2n) is 6.94. The number of hydrogen-bond acceptors (Lipinski definition) is 5. The highest BCUT2D eigenvalue weighted by atomic mass is 16.2. The Kier molecular flexibility index (Phi) is 4.16. The number of piperidine rings is 1. The van der Waals surface area contributed by atoms with Gasteiger partial charge in [-0.25, -0.2) is 4.98 Å². The third-order valence-corrected chi connectivity index (χ3v) is 5.29. The Hall–Kier alpha value is -1.69. The van der Waals surface area contributed by atoms with Gasteiger partial charge in [0.1, 0.15) is 5.82 Å². The molecule has 1 aromatic heterocycles. The van der Waals surface area contributed by atoms with Gasteiger partial charge in [-0.3, -0.25) is 9.69 Å². The molecule has 3 heterocycles. The maximum atomic E-state index is 12.5. The highest BCUT2D eigenvalue weighted by Crippen LogP contribution is 2.34. The summed E-state index contributed by atoms with van der Waals surface area (Å²) in [5.74, 6) is 1.72. The molecular weight excluding hydrogens is 290 g/mol. The van der Waals surface area contributed by atoms with Crippen molar-refractivity contribution in [1.82, 2.24) is 15.3 Å². The minimum atomic E-state index is 0.195. The van der Waals surface area contributed by atoms with Crippen LogP contribution in [0.1, 0.15) is 50.5 Å². The molecule has 23 heavy (non-hydrogen) atoms. The van der Waals surface area contributed by atoms with Crippen molar-refractivity contribution in [2.24, 2.45) is 0 Å². The highest BCUT2D eigenvalue weighted by Gasteiger charge is 2.35. The first-order chi connectivity index (χ1) is 11.3. The molecule has 4 rings (SSSR count). The Morgan fingerprint density at radius 1 is 1.13 bits per heavy atom. The molecule has 3 aliphatic rings. The Morgan fingerprint density at radius 3 is 2.70 bits per heavy atom. The lowest BCUT2D eigenvalue weighted by Crippen LogP contribution is -2.39. The fraction of sp³-hybridized carbons (Fsp3) is 0.706. The van der Waals surface area contributed by atoms with Crippen molar-refractivity contribution >= 4 is 17.7 Å². The summed E-state index contributed by atoms with van der Waals surface area (Å²) in [6.07, 6.45) is 10.4. The van der Waals surface area contributed by atoms with E-state index in [2.05, 4.69) is 15.6 Å². The van der Waals surface area contributed by atoms with Gasteiger partial charge >= 0.3 is 0 Å². The molecule has 6 nitrogen and oxygen atoms in total. The number of nitrogens with one attached hydrogen (secondary N) is 2. The largest absolute Gasteiger partial charge is 0.351 e. The number of fused-ring (bicyclic) bond motifs is 1. The van der Waals surface area contributed by atoms with Gasteiger partial charge in [0.2, 0.25) is 11.9 Å². The lowest BCUT2D eigenvalue weighted by molar-refractivity contribution is -0.118. The van der Waals surface area contributed by atoms with E-state index >= 15 is 0 Å². The minimum absolute atomic E-state index is 0.195. The van der Waals surface area contributed by atoms with Gasteiger partial charge in [-0.15, -0.1) is 0 Å². The van der Waals surface area contributed by atoms with Crippen LogP contribution in [-0.4, -0.2) is 41.0 Å². The van der Waals surface area contributed by atoms with Crippen molar-refractivity contribution in [2.45, 2.75) is 63.5 Å². The lowest BCUT2D eigenvalue weighted by Gasteiger charge is -2.31. The maximum absolute atomic E-state index is 12.5. The number of amides is 1. The van der Waals surface area contributed by atoms with Crippen LogP contribution in [0.4, 0.5) is 11.8 Å². The molecule has 0 atom stereocenters. The van der Waals surface area contributed by atoms with Gasteiger partial charge < -0.3 is 10.6 Å². The monoisotopic (exact) mass is 315 g/mol. The summed E-state index contributed by atoms with van der Waals surface area (Å²) < 4.78 is 0. The van der Waals surface area contributed by atoms with Gasteiger partial charge in [0.05, 0.1) is 6.42 Å². The Labute approximate surface area is 137 Å². The summed E-state index contributed by atoms with van der Waals surface area (Å²) in [6.45, 7) is 2.07. The fourth-order valence-corrected chi connectivity index (χ4v) is 4.03. The SMILES string of the molecule is O=C1Cc2cnc(NC3CCNCC3)nc2N1C1CCCCC1. The predicted molar refractivity (Wildman–Crippen MR) is 89.6 cm³/mol. The van der Waals surface area contributed by atoms with Crippen LogP contribution in [0.15, 0.2) is 6.20 Å². The van der Waals surface area contributed by atoms with Gasteiger partial charge in [-0.05, 0) is 38.8 Å². The van der Waals surface area contributed by atoms with Crippen molar-refractivity contribution in [3.63, 3.8) is 0 Å². The Bertz CT molecular complexity index is 578. The molecule has 1 aliphatic carbocycles. The molecule has 0 aromatic carbocycles. The van der Waals surface area contributed by atoms with Crippen LogP contribution in [-0.2, 0) is 11.2 Å². The summed E-state index contributed by atoms with van der Waals surface area (Å²) in [5, 5.41) is 6.81. The molecule has 1 saturated heterocycles. The third kappa shape index (κ3) is 3.04. The molecule has 1 aromatic rings. The van der Waals surface area contributed by atoms with Crippen LogP contribution >= 0.6 is 0 Å². The summed E-state index contributed by atoms with van der Waals surface area (Å²) in [4.78, 5) is 23.6. The van der Waals surface area contributed by atoms with E-state index in [1.54, 1.807) is 0 Å². The summed E-state index contributed by atoms with van der Waals surface area (Å²) >= 11 is 0. The van der Waals surface area contributed by atoms with E-state index in [-0.39, 0.29) is 5.91 Å². The minimum Gasteiger partial charge on any atom is -0.351 e. The van der Waals surface area contributed by atoms with Crippen molar-refractivity contribution < 1.29 is 4.79 Å². The smallest absolute Gasteiger partial charge is 0.233 e. The molecule has 2 fully saturated rings. The zero-order valence-corrected chi connectivity index (χ0v) is 13.6. The van der Waals surface area contributed by atoms with E-state index in [1.807, 2.05) is 11.1 Å². The number of rotatable bonds is 3. The molecule has 0 unspecified atom stereocenters. The highest BCUT2D eigenvalue weighted by molar-refractivity contribution is 6.00. The van der Waals surface area contributed by atoms with E-state index in [9.17, 15) is 4.79 Å². The van der Waals surface area contributed by atoms with Crippen LogP contribution in [0.3, 0.4) is 0 Å². The van der Waals surface area contributed by atoms with Crippen LogP contribution in [0, 0.1) is 0 Å². The molecular formula is C17H25N5O. The van der Waals surface area contributed by atoms with Crippen LogP contribution in [0.5, 0.6) is 0 Å². The zero-order chi connectivity index (χ0) is 15.6. The number of nitrogens with zero attached hydrogens (tertiary/aromatic N) is 3. The Balaban J connectivity index is 1.54. The standard InChI is InChI=1S/C17H25N5O/c23-15-10-12-11-19-17(20-13-6-8-18-9-7-13)21-16(12)22(15)14-4-2-1-3-5-14/h11,13-14,18H,1-10H2,(H,19,20,21). The molecule has 0 bridgehead atoms. The molecule has 2 aliphatic heterocycles. The summed E-state index contributed by atoms with van der Waals surface area (Å²) in [6, 6.07) is 0.758. The number of carbonyl (C=O) groups excluding carboxylic acids is 1. The van der Waals surface area contributed by atoms with Gasteiger partial charge in [-0.1, -0.05) is 19.3 Å². The second kappa shape index (κ2) is 6.43. The topological polar surface area (TPSA) is 70.1 Å². The van der Waals surface area contributed by atoms with E-state index in [1.165, 1.54) is 19.3 Å². The average molecular weight is 315 g/mol. The van der Waals surface area contributed by atoms with Crippen molar-refractivity contribution in [1.29, 1.82) is 0 Å². The maximum Gasteiger partial charge on any atom is 0.233 e. The molecule has 1 amide bonds. The van der Waals surface area contributed by atoms with Crippen molar-refractivity contribution in [2.75, 3.05) is 23.3 Å². The first-order valence-electron chi connectivity index (χ1n) is 8.96. The predicted octanol–water partition coefficient (Wildman–Crippen LogP) is 1.86. The number of hydrogen-bond donors (Lipinski definition) is 2. The first kappa shape index (κ1) is 14.9. The summed E-state index contributed by atoms with van der Waals surface area (Å²) in [7, 11) is 0. The van der Waals surface area contributed by atoms with Crippen molar-refractivity contribution in [3.05, 3.63) is 11.8 Å². The van der Waals surface area contributed by atoms with Crippen LogP contribution in [0.2, 0.25) is 0 Å². The van der Waals surface area contributed by atoms with Crippen LogP contribution < -0.4 is 15.5 Å². The third-order valence-electron chi connectivity index (χ3n) is 5.29. The molecule has 124 valence electrons. The van der Waals surface area contributed by atoms with Gasteiger partial charge in [0.25, 0.3) is 0 Å². The molecule has 6 heteroatoms. The average Bonchev–Trinajstić information content (AvgIpc) is 2.92. The van der Waals surface area contributed by atoms with Crippen LogP contribution in [0.25, 0.3) is 0 Å². The second-order valence-corrected chi connectivity index (χ2v) is 6.94. The lowest BCUT2D eigenvalue weighted by atomic mass is 9.94. The first-order valence-corrected chi connectivity index (χ1v) is 8.96. The quantitative estimate of drug-likeness (QED) is 0.891. The van der Waals surface area contributed by atoms with E-state index in [0.717, 1.165) is 50.2 Å². The van der Waals surface area contributed by atoms with E-state index in [0.29, 0.717) is 24.5 Å². The molecule has 1 saturated carbocycles. The van der Waals surface area contributed by atoms with E-state index in [4.69, 9.17) is 4.98 Å². The molecule has 0 radical (unpaired) electrons. The zero-order valence-electron chi connectivity index (χ0n) is 13.6. The van der Waals surface area contributed by atoms with Crippen molar-refractivity contribution in [3.8, 4) is 0 Å². The normalized spacial score (nSPS) is 23.1. The number of aromatic nitrogens is 2. The van der Waals surface area contributed by atoms with Gasteiger partial charge in [-0.2, -0.15) is 4.98 Å². The Morgan fingerprint density at radius 2 is 1.91 bits per heavy atom. The summed E-state index contributed by atoms with van der Waals surface area (Å²) in [5.41, 5.74) is 0.983. The van der Waals surface area contributed by atoms with Gasteiger partial charge in [0.15, 0.2) is 0 Å². The number of anilines is 2. The fourth-order valence-electron chi connectivity index (χ4n) is 4.03. The molecule has 2 N–H and O–H groups in total. The number of carbonyl (C=O) groups is 1. The van der Waals surface area contributed by atoms with E-state index < -0.39 is 0 Å². The van der Waals surface area contributed by atoms with Gasteiger partial charge in [0, 0.05) is 23.8 Å². The molecule has 0 spiro atoms.